The lowest BCUT2D eigenvalue weighted by Crippen LogP contribution is -2.40. The van der Waals surface area contributed by atoms with Crippen LogP contribution in [0.3, 0.4) is 0 Å². The Kier molecular flexibility index (Phi) is 5.49. The predicted octanol–water partition coefficient (Wildman–Crippen LogP) is 3.49. The Morgan fingerprint density at radius 1 is 1.16 bits per heavy atom. The number of halogens is 3. The van der Waals surface area contributed by atoms with Gasteiger partial charge in [0.2, 0.25) is 0 Å². The molecule has 0 saturated heterocycles. The smallest absolute Gasteiger partial charge is 0.418 e. The van der Waals surface area contributed by atoms with E-state index in [4.69, 9.17) is 10.00 Å². The number of hydrazine groups is 1. The summed E-state index contributed by atoms with van der Waals surface area (Å²) in [5.41, 5.74) is 3.73. The van der Waals surface area contributed by atoms with Crippen molar-refractivity contribution in [3.8, 4) is 11.8 Å². The number of para-hydroxylation sites is 1. The van der Waals surface area contributed by atoms with Gasteiger partial charge in [-0.3, -0.25) is 15.6 Å². The van der Waals surface area contributed by atoms with E-state index in [1.165, 1.54) is 49.4 Å². The lowest BCUT2D eigenvalue weighted by atomic mass is 10.2. The molecule has 5 nitrogen and oxygen atoms in total. The number of carbonyl (C=O) groups excluding carboxylic acids is 1. The Hall–Kier alpha value is -3.21. The molecule has 0 aliphatic rings. The zero-order valence-corrected chi connectivity index (χ0v) is 13.1. The quantitative estimate of drug-likeness (QED) is 0.811. The molecule has 0 fully saturated rings. The predicted molar refractivity (Wildman–Crippen MR) is 84.5 cm³/mol. The lowest BCUT2D eigenvalue weighted by Gasteiger charge is -2.18. The summed E-state index contributed by atoms with van der Waals surface area (Å²) in [7, 11) is 0. The van der Waals surface area contributed by atoms with Gasteiger partial charge in [-0.15, -0.1) is 0 Å². The third-order valence-electron chi connectivity index (χ3n) is 3.22. The van der Waals surface area contributed by atoms with Crippen LogP contribution >= 0.6 is 0 Å². The summed E-state index contributed by atoms with van der Waals surface area (Å²) in [6, 6.07) is 12.8. The molecule has 0 aliphatic carbocycles. The minimum Gasteiger partial charge on any atom is -0.481 e. The molecule has 0 aliphatic heterocycles. The van der Waals surface area contributed by atoms with Gasteiger partial charge in [-0.05, 0) is 43.3 Å². The Balaban J connectivity index is 1.97. The van der Waals surface area contributed by atoms with Crippen molar-refractivity contribution < 1.29 is 22.7 Å². The van der Waals surface area contributed by atoms with Crippen molar-refractivity contribution in [3.05, 3.63) is 59.7 Å². The number of rotatable bonds is 5. The SMILES string of the molecule is CC(Oc1ccc(C#N)cc1)C(=O)NNc1ccccc1C(F)(F)F. The number of amides is 1. The number of nitrogens with zero attached hydrogens (tertiary/aromatic N) is 1. The largest absolute Gasteiger partial charge is 0.481 e. The second-order valence-electron chi connectivity index (χ2n) is 5.05. The zero-order valence-electron chi connectivity index (χ0n) is 13.1. The van der Waals surface area contributed by atoms with Crippen LogP contribution in [-0.2, 0) is 11.0 Å². The van der Waals surface area contributed by atoms with Crippen LogP contribution in [0.15, 0.2) is 48.5 Å². The average Bonchev–Trinajstić information content (AvgIpc) is 2.59. The topological polar surface area (TPSA) is 74.1 Å². The van der Waals surface area contributed by atoms with Crippen LogP contribution in [0.1, 0.15) is 18.1 Å². The highest BCUT2D eigenvalue weighted by atomic mass is 19.4. The molecule has 2 N–H and O–H groups in total. The molecule has 2 rings (SSSR count). The summed E-state index contributed by atoms with van der Waals surface area (Å²) >= 11 is 0. The van der Waals surface area contributed by atoms with Gasteiger partial charge in [0.25, 0.3) is 5.91 Å². The molecule has 0 spiro atoms. The monoisotopic (exact) mass is 349 g/mol. The molecule has 130 valence electrons. The Morgan fingerprint density at radius 3 is 2.40 bits per heavy atom. The standard InChI is InChI=1S/C17H14F3N3O2/c1-11(25-13-8-6-12(10-21)7-9-13)16(24)23-22-15-5-3-2-4-14(15)17(18,19)20/h2-9,11,22H,1H3,(H,23,24). The molecule has 1 amide bonds. The van der Waals surface area contributed by atoms with Crippen molar-refractivity contribution in [2.45, 2.75) is 19.2 Å². The molecule has 1 atom stereocenters. The summed E-state index contributed by atoms with van der Waals surface area (Å²) in [6.07, 6.45) is -5.50. The van der Waals surface area contributed by atoms with E-state index in [-0.39, 0.29) is 5.69 Å². The van der Waals surface area contributed by atoms with Crippen LogP contribution in [-0.4, -0.2) is 12.0 Å². The molecule has 0 saturated carbocycles. The van der Waals surface area contributed by atoms with Gasteiger partial charge < -0.3 is 4.74 Å². The maximum absolute atomic E-state index is 12.9. The highest BCUT2D eigenvalue weighted by Gasteiger charge is 2.33. The number of ether oxygens (including phenoxy) is 1. The summed E-state index contributed by atoms with van der Waals surface area (Å²) in [6.45, 7) is 1.45. The number of hydrogen-bond donors (Lipinski definition) is 2. The molecule has 2 aromatic rings. The number of hydrogen-bond acceptors (Lipinski definition) is 4. The third-order valence-corrected chi connectivity index (χ3v) is 3.22. The normalized spacial score (nSPS) is 12.0. The van der Waals surface area contributed by atoms with Gasteiger partial charge in [0.15, 0.2) is 6.10 Å². The van der Waals surface area contributed by atoms with Crippen molar-refractivity contribution in [1.82, 2.24) is 5.43 Å². The van der Waals surface area contributed by atoms with Gasteiger partial charge >= 0.3 is 6.18 Å². The van der Waals surface area contributed by atoms with Gasteiger partial charge in [0.05, 0.1) is 22.9 Å². The van der Waals surface area contributed by atoms with Crippen molar-refractivity contribution >= 4 is 11.6 Å². The van der Waals surface area contributed by atoms with Crippen LogP contribution < -0.4 is 15.6 Å². The number of nitrogens with one attached hydrogen (secondary N) is 2. The number of carbonyl (C=O) groups is 1. The Morgan fingerprint density at radius 2 is 1.80 bits per heavy atom. The van der Waals surface area contributed by atoms with E-state index >= 15 is 0 Å². The van der Waals surface area contributed by atoms with E-state index in [1.807, 2.05) is 6.07 Å². The molecular weight excluding hydrogens is 335 g/mol. The van der Waals surface area contributed by atoms with Crippen molar-refractivity contribution in [3.63, 3.8) is 0 Å². The number of nitriles is 1. The zero-order chi connectivity index (χ0) is 18.4. The van der Waals surface area contributed by atoms with E-state index in [0.29, 0.717) is 11.3 Å². The van der Waals surface area contributed by atoms with E-state index in [1.54, 1.807) is 0 Å². The molecular formula is C17H14F3N3O2. The Labute approximate surface area is 142 Å². The molecule has 2 aromatic carbocycles. The number of benzene rings is 2. The fourth-order valence-corrected chi connectivity index (χ4v) is 1.94. The van der Waals surface area contributed by atoms with Crippen molar-refractivity contribution in [2.24, 2.45) is 0 Å². The van der Waals surface area contributed by atoms with E-state index in [0.717, 1.165) is 6.07 Å². The number of anilines is 1. The minimum absolute atomic E-state index is 0.270. The molecule has 8 heteroatoms. The maximum Gasteiger partial charge on any atom is 0.418 e. The molecule has 0 bridgehead atoms. The molecule has 1 unspecified atom stereocenters. The molecule has 0 heterocycles. The molecule has 0 radical (unpaired) electrons. The molecule has 25 heavy (non-hydrogen) atoms. The van der Waals surface area contributed by atoms with Gasteiger partial charge in [-0.1, -0.05) is 12.1 Å². The van der Waals surface area contributed by atoms with Crippen molar-refractivity contribution in [1.29, 1.82) is 5.26 Å². The first-order chi connectivity index (χ1) is 11.8. The van der Waals surface area contributed by atoms with Crippen LogP contribution in [0, 0.1) is 11.3 Å². The summed E-state index contributed by atoms with van der Waals surface area (Å²) in [4.78, 5) is 12.0. The van der Waals surface area contributed by atoms with Crippen molar-refractivity contribution in [2.75, 3.05) is 5.43 Å². The van der Waals surface area contributed by atoms with Crippen LogP contribution in [0.5, 0.6) is 5.75 Å². The Bertz CT molecular complexity index is 783. The summed E-state index contributed by atoms with van der Waals surface area (Å²) < 4.78 is 44.0. The fraction of sp³-hybridized carbons (Fsp3) is 0.176. The first kappa shape index (κ1) is 18.1. The third kappa shape index (κ3) is 4.88. The number of alkyl halides is 3. The van der Waals surface area contributed by atoms with E-state index in [9.17, 15) is 18.0 Å². The summed E-state index contributed by atoms with van der Waals surface area (Å²) in [5, 5.41) is 8.71. The second kappa shape index (κ2) is 7.57. The van der Waals surface area contributed by atoms with E-state index in [2.05, 4.69) is 10.9 Å². The van der Waals surface area contributed by atoms with Gasteiger partial charge in [0, 0.05) is 0 Å². The average molecular weight is 349 g/mol. The highest BCUT2D eigenvalue weighted by molar-refractivity contribution is 5.82. The van der Waals surface area contributed by atoms with Crippen LogP contribution in [0.25, 0.3) is 0 Å². The van der Waals surface area contributed by atoms with Crippen LogP contribution in [0.2, 0.25) is 0 Å². The first-order valence-corrected chi connectivity index (χ1v) is 7.20. The van der Waals surface area contributed by atoms with Gasteiger partial charge in [-0.2, -0.15) is 18.4 Å². The molecule has 0 aromatic heterocycles. The minimum atomic E-state index is -4.54. The highest BCUT2D eigenvalue weighted by Crippen LogP contribution is 2.34. The van der Waals surface area contributed by atoms with Crippen LogP contribution in [0.4, 0.5) is 18.9 Å². The summed E-state index contributed by atoms with van der Waals surface area (Å²) in [5.74, 6) is -0.293. The lowest BCUT2D eigenvalue weighted by molar-refractivity contribution is -0.137. The fourth-order valence-electron chi connectivity index (χ4n) is 1.94. The van der Waals surface area contributed by atoms with Gasteiger partial charge in [0.1, 0.15) is 5.75 Å². The maximum atomic E-state index is 12.9. The first-order valence-electron chi connectivity index (χ1n) is 7.20. The van der Waals surface area contributed by atoms with E-state index < -0.39 is 23.8 Å². The second-order valence-corrected chi connectivity index (χ2v) is 5.05. The van der Waals surface area contributed by atoms with Gasteiger partial charge in [-0.25, -0.2) is 0 Å².